The number of anilines is 1. The highest BCUT2D eigenvalue weighted by Gasteiger charge is 2.30. The molecule has 1 fully saturated rings. The van der Waals surface area contributed by atoms with E-state index in [9.17, 15) is 13.2 Å². The van der Waals surface area contributed by atoms with Crippen LogP contribution in [-0.4, -0.2) is 27.5 Å². The van der Waals surface area contributed by atoms with E-state index in [1.165, 1.54) is 25.3 Å². The third-order valence-electron chi connectivity index (χ3n) is 3.99. The van der Waals surface area contributed by atoms with Gasteiger partial charge in [-0.1, -0.05) is 17.7 Å². The van der Waals surface area contributed by atoms with Crippen molar-refractivity contribution >= 4 is 33.2 Å². The SMILES string of the molecule is COc1ccc(C(=O)Nc2ccc(C)cc2Cl)cc1S(=O)(=O)NC1CC1. The van der Waals surface area contributed by atoms with E-state index in [2.05, 4.69) is 10.0 Å². The fourth-order valence-electron chi connectivity index (χ4n) is 2.43. The van der Waals surface area contributed by atoms with Gasteiger partial charge in [0.15, 0.2) is 0 Å². The predicted molar refractivity (Wildman–Crippen MR) is 100 cm³/mol. The number of rotatable bonds is 6. The van der Waals surface area contributed by atoms with Crippen molar-refractivity contribution in [3.63, 3.8) is 0 Å². The van der Waals surface area contributed by atoms with Gasteiger partial charge < -0.3 is 10.1 Å². The Morgan fingerprint density at radius 3 is 2.54 bits per heavy atom. The maximum absolute atomic E-state index is 12.5. The van der Waals surface area contributed by atoms with Crippen molar-refractivity contribution in [1.29, 1.82) is 0 Å². The van der Waals surface area contributed by atoms with E-state index < -0.39 is 15.9 Å². The summed E-state index contributed by atoms with van der Waals surface area (Å²) in [6.45, 7) is 1.89. The fourth-order valence-corrected chi connectivity index (χ4v) is 4.21. The molecule has 1 amide bonds. The summed E-state index contributed by atoms with van der Waals surface area (Å²) in [5, 5.41) is 3.11. The Morgan fingerprint density at radius 1 is 1.19 bits per heavy atom. The van der Waals surface area contributed by atoms with Gasteiger partial charge in [0.2, 0.25) is 10.0 Å². The highest BCUT2D eigenvalue weighted by atomic mass is 35.5. The van der Waals surface area contributed by atoms with Crippen LogP contribution < -0.4 is 14.8 Å². The lowest BCUT2D eigenvalue weighted by Gasteiger charge is -2.13. The minimum atomic E-state index is -3.76. The van der Waals surface area contributed by atoms with Gasteiger partial charge in [-0.05, 0) is 55.7 Å². The number of aryl methyl sites for hydroxylation is 1. The largest absolute Gasteiger partial charge is 0.495 e. The first-order chi connectivity index (χ1) is 12.3. The standard InChI is InChI=1S/C18H19ClN2O4S/c1-11-3-7-15(14(19)9-11)20-18(22)12-4-8-16(25-2)17(10-12)26(23,24)21-13-5-6-13/h3-4,7-10,13,21H,5-6H2,1-2H3,(H,20,22). The van der Waals surface area contributed by atoms with E-state index in [0.717, 1.165) is 18.4 Å². The van der Waals surface area contributed by atoms with Crippen LogP contribution >= 0.6 is 11.6 Å². The van der Waals surface area contributed by atoms with Gasteiger partial charge in [-0.25, -0.2) is 13.1 Å². The van der Waals surface area contributed by atoms with Crippen LogP contribution in [0.15, 0.2) is 41.3 Å². The summed E-state index contributed by atoms with van der Waals surface area (Å²) in [6, 6.07) is 9.49. The Balaban J connectivity index is 1.90. The van der Waals surface area contributed by atoms with Crippen molar-refractivity contribution < 1.29 is 17.9 Å². The third kappa shape index (κ3) is 4.17. The Kier molecular flexibility index (Phi) is 5.22. The van der Waals surface area contributed by atoms with Crippen LogP contribution in [0, 0.1) is 6.92 Å². The number of amides is 1. The quantitative estimate of drug-likeness (QED) is 0.786. The first-order valence-corrected chi connectivity index (χ1v) is 9.94. The van der Waals surface area contributed by atoms with Crippen LogP contribution in [0.1, 0.15) is 28.8 Å². The van der Waals surface area contributed by atoms with Gasteiger partial charge in [-0.15, -0.1) is 0 Å². The molecule has 2 aromatic carbocycles. The van der Waals surface area contributed by atoms with E-state index in [1.54, 1.807) is 12.1 Å². The molecule has 0 saturated heterocycles. The monoisotopic (exact) mass is 394 g/mol. The van der Waals surface area contributed by atoms with Crippen LogP contribution in [-0.2, 0) is 10.0 Å². The Morgan fingerprint density at radius 2 is 1.92 bits per heavy atom. The number of carbonyl (C=O) groups is 1. The molecule has 2 N–H and O–H groups in total. The summed E-state index contributed by atoms with van der Waals surface area (Å²) in [7, 11) is -2.38. The molecule has 138 valence electrons. The van der Waals surface area contributed by atoms with Gasteiger partial charge in [0.05, 0.1) is 17.8 Å². The fraction of sp³-hybridized carbons (Fsp3) is 0.278. The van der Waals surface area contributed by atoms with E-state index >= 15 is 0 Å². The normalized spacial score (nSPS) is 14.1. The maximum atomic E-state index is 12.5. The number of nitrogens with one attached hydrogen (secondary N) is 2. The van der Waals surface area contributed by atoms with Gasteiger partial charge in [0.1, 0.15) is 10.6 Å². The lowest BCUT2D eigenvalue weighted by atomic mass is 10.2. The zero-order valence-corrected chi connectivity index (χ0v) is 15.9. The number of sulfonamides is 1. The Hall–Kier alpha value is -2.09. The molecule has 26 heavy (non-hydrogen) atoms. The van der Waals surface area contributed by atoms with Crippen molar-refractivity contribution in [3.05, 3.63) is 52.5 Å². The highest BCUT2D eigenvalue weighted by Crippen LogP contribution is 2.29. The molecule has 0 spiro atoms. The molecule has 0 bridgehead atoms. The number of hydrogen-bond acceptors (Lipinski definition) is 4. The number of benzene rings is 2. The summed E-state index contributed by atoms with van der Waals surface area (Å²) < 4.78 is 32.8. The predicted octanol–water partition coefficient (Wildman–Crippen LogP) is 3.35. The highest BCUT2D eigenvalue weighted by molar-refractivity contribution is 7.89. The number of halogens is 1. The van der Waals surface area contributed by atoms with Crippen molar-refractivity contribution in [1.82, 2.24) is 4.72 Å². The number of methoxy groups -OCH3 is 1. The van der Waals surface area contributed by atoms with E-state index in [-0.39, 0.29) is 22.3 Å². The van der Waals surface area contributed by atoms with E-state index in [0.29, 0.717) is 10.7 Å². The molecule has 0 aromatic heterocycles. The molecule has 6 nitrogen and oxygen atoms in total. The van der Waals surface area contributed by atoms with Crippen LogP contribution in [0.5, 0.6) is 5.75 Å². The van der Waals surface area contributed by atoms with Crippen LogP contribution in [0.25, 0.3) is 0 Å². The van der Waals surface area contributed by atoms with Crippen molar-refractivity contribution in [2.45, 2.75) is 30.7 Å². The first-order valence-electron chi connectivity index (χ1n) is 8.08. The van der Waals surface area contributed by atoms with Gasteiger partial charge in [0, 0.05) is 11.6 Å². The Labute approximate surface area is 157 Å². The second-order valence-corrected chi connectivity index (χ2v) is 8.29. The number of ether oxygens (including phenoxy) is 1. The van der Waals surface area contributed by atoms with Crippen LogP contribution in [0.4, 0.5) is 5.69 Å². The van der Waals surface area contributed by atoms with Crippen molar-refractivity contribution in [2.75, 3.05) is 12.4 Å². The van der Waals surface area contributed by atoms with Crippen molar-refractivity contribution in [3.8, 4) is 5.75 Å². The molecule has 0 unspecified atom stereocenters. The summed E-state index contributed by atoms with van der Waals surface area (Å²) in [5.41, 5.74) is 1.62. The first kappa shape index (κ1) is 18.7. The second-order valence-electron chi connectivity index (χ2n) is 6.20. The third-order valence-corrected chi connectivity index (χ3v) is 5.84. The molecule has 0 atom stereocenters. The molecule has 0 heterocycles. The molecular formula is C18H19ClN2O4S. The summed E-state index contributed by atoms with van der Waals surface area (Å²) in [5.74, 6) is -0.274. The molecular weight excluding hydrogens is 376 g/mol. The summed E-state index contributed by atoms with van der Waals surface area (Å²) in [6.07, 6.45) is 1.63. The number of carbonyl (C=O) groups excluding carboxylic acids is 1. The van der Waals surface area contributed by atoms with Crippen molar-refractivity contribution in [2.24, 2.45) is 0 Å². The molecule has 3 rings (SSSR count). The van der Waals surface area contributed by atoms with Crippen LogP contribution in [0.2, 0.25) is 5.02 Å². The molecule has 1 aliphatic carbocycles. The van der Waals surface area contributed by atoms with E-state index in [1.807, 2.05) is 13.0 Å². The molecule has 1 aliphatic rings. The average Bonchev–Trinajstić information content (AvgIpc) is 3.40. The lowest BCUT2D eigenvalue weighted by Crippen LogP contribution is -2.26. The Bertz CT molecular complexity index is 956. The van der Waals surface area contributed by atoms with Gasteiger partial charge in [-0.3, -0.25) is 4.79 Å². The lowest BCUT2D eigenvalue weighted by molar-refractivity contribution is 0.102. The topological polar surface area (TPSA) is 84.5 Å². The van der Waals surface area contributed by atoms with Crippen LogP contribution in [0.3, 0.4) is 0 Å². The molecule has 8 heteroatoms. The summed E-state index contributed by atoms with van der Waals surface area (Å²) >= 11 is 6.14. The minimum absolute atomic E-state index is 0.0476. The van der Waals surface area contributed by atoms with Gasteiger partial charge >= 0.3 is 0 Å². The van der Waals surface area contributed by atoms with Gasteiger partial charge in [0.25, 0.3) is 5.91 Å². The molecule has 2 aromatic rings. The maximum Gasteiger partial charge on any atom is 0.255 e. The minimum Gasteiger partial charge on any atom is -0.495 e. The smallest absolute Gasteiger partial charge is 0.255 e. The van der Waals surface area contributed by atoms with Gasteiger partial charge in [-0.2, -0.15) is 0 Å². The molecule has 1 saturated carbocycles. The zero-order chi connectivity index (χ0) is 18.9. The zero-order valence-electron chi connectivity index (χ0n) is 14.4. The average molecular weight is 395 g/mol. The van der Waals surface area contributed by atoms with E-state index in [4.69, 9.17) is 16.3 Å². The molecule has 0 radical (unpaired) electrons. The molecule has 0 aliphatic heterocycles. The summed E-state index contributed by atoms with van der Waals surface area (Å²) in [4.78, 5) is 12.5. The second kappa shape index (κ2) is 7.26. The number of hydrogen-bond donors (Lipinski definition) is 2.